The van der Waals surface area contributed by atoms with E-state index < -0.39 is 0 Å². The van der Waals surface area contributed by atoms with Gasteiger partial charge in [0.2, 0.25) is 5.13 Å². The van der Waals surface area contributed by atoms with Gasteiger partial charge in [0.15, 0.2) is 0 Å². The van der Waals surface area contributed by atoms with Crippen molar-refractivity contribution in [2.45, 2.75) is 42.9 Å². The molecule has 0 aliphatic heterocycles. The third kappa shape index (κ3) is 5.67. The Balaban J connectivity index is 1.40. The molecule has 0 fully saturated rings. The second-order valence-corrected chi connectivity index (χ2v) is 10.6. The van der Waals surface area contributed by atoms with Gasteiger partial charge >= 0.3 is 0 Å². The highest BCUT2D eigenvalue weighted by molar-refractivity contribution is 7.99. The van der Waals surface area contributed by atoms with Gasteiger partial charge in [-0.2, -0.15) is 5.10 Å². The number of rotatable bonds is 6. The summed E-state index contributed by atoms with van der Waals surface area (Å²) >= 11 is 3.32. The van der Waals surface area contributed by atoms with Crippen LogP contribution in [0.1, 0.15) is 38.8 Å². The van der Waals surface area contributed by atoms with E-state index in [2.05, 4.69) is 109 Å². The van der Waals surface area contributed by atoms with E-state index in [4.69, 9.17) is 4.98 Å². The maximum atomic E-state index is 4.70. The van der Waals surface area contributed by atoms with Crippen LogP contribution in [0.15, 0.2) is 99.1 Å². The quantitative estimate of drug-likeness (QED) is 0.235. The van der Waals surface area contributed by atoms with E-state index in [0.29, 0.717) is 0 Å². The predicted molar refractivity (Wildman–Crippen MR) is 139 cm³/mol. The van der Waals surface area contributed by atoms with Crippen molar-refractivity contribution in [1.82, 2.24) is 4.98 Å². The summed E-state index contributed by atoms with van der Waals surface area (Å²) in [7, 11) is 0. The van der Waals surface area contributed by atoms with Crippen LogP contribution < -0.4 is 5.43 Å². The normalized spacial score (nSPS) is 12.1. The van der Waals surface area contributed by atoms with E-state index in [1.165, 1.54) is 15.4 Å². The van der Waals surface area contributed by atoms with Gasteiger partial charge in [0, 0.05) is 20.7 Å². The largest absolute Gasteiger partial charge is 0.252 e. The standard InChI is InChI=1S/C27H27N3S2/c1-19(20-10-14-22(15-11-20)27(2,3)4)29-30-26-28-25(18-31-26)21-12-16-24(17-13-21)32-23-8-6-5-7-9-23/h5-18H,1-4H3,(H,28,30). The Morgan fingerprint density at radius 2 is 1.53 bits per heavy atom. The van der Waals surface area contributed by atoms with E-state index in [1.54, 1.807) is 23.1 Å². The highest BCUT2D eigenvalue weighted by Gasteiger charge is 2.13. The molecule has 5 heteroatoms. The van der Waals surface area contributed by atoms with Gasteiger partial charge in [0.25, 0.3) is 0 Å². The van der Waals surface area contributed by atoms with E-state index in [1.807, 2.05) is 13.0 Å². The highest BCUT2D eigenvalue weighted by atomic mass is 32.2. The second kappa shape index (κ2) is 9.72. The molecule has 0 atom stereocenters. The molecule has 1 aromatic heterocycles. The van der Waals surface area contributed by atoms with Crippen LogP contribution in [0.4, 0.5) is 5.13 Å². The van der Waals surface area contributed by atoms with Crippen LogP contribution in [-0.4, -0.2) is 10.7 Å². The maximum absolute atomic E-state index is 4.70. The highest BCUT2D eigenvalue weighted by Crippen LogP contribution is 2.31. The number of hydrogen-bond acceptors (Lipinski definition) is 5. The summed E-state index contributed by atoms with van der Waals surface area (Å²) in [6.07, 6.45) is 0. The van der Waals surface area contributed by atoms with Gasteiger partial charge in [-0.15, -0.1) is 11.3 Å². The smallest absolute Gasteiger partial charge is 0.203 e. The molecule has 0 spiro atoms. The first-order chi connectivity index (χ1) is 15.4. The lowest BCUT2D eigenvalue weighted by atomic mass is 9.86. The van der Waals surface area contributed by atoms with Crippen LogP contribution >= 0.6 is 23.1 Å². The summed E-state index contributed by atoms with van der Waals surface area (Å²) in [5.41, 5.74) is 8.68. The molecule has 0 saturated carbocycles. The Morgan fingerprint density at radius 3 is 2.19 bits per heavy atom. The van der Waals surface area contributed by atoms with Crippen molar-refractivity contribution in [3.8, 4) is 11.3 Å². The molecule has 0 aliphatic carbocycles. The van der Waals surface area contributed by atoms with Gasteiger partial charge in [-0.3, -0.25) is 5.43 Å². The Kier molecular flexibility index (Phi) is 6.77. The summed E-state index contributed by atoms with van der Waals surface area (Å²) in [4.78, 5) is 7.15. The van der Waals surface area contributed by atoms with Crippen LogP contribution in [0, 0.1) is 0 Å². The minimum absolute atomic E-state index is 0.150. The van der Waals surface area contributed by atoms with Gasteiger partial charge in [-0.05, 0) is 47.7 Å². The van der Waals surface area contributed by atoms with Gasteiger partial charge in [0.05, 0.1) is 11.4 Å². The molecule has 32 heavy (non-hydrogen) atoms. The zero-order valence-corrected chi connectivity index (χ0v) is 20.4. The van der Waals surface area contributed by atoms with Crippen molar-refractivity contribution < 1.29 is 0 Å². The molecule has 0 radical (unpaired) electrons. The first-order valence-electron chi connectivity index (χ1n) is 10.6. The van der Waals surface area contributed by atoms with E-state index in [0.717, 1.165) is 27.7 Å². The fourth-order valence-corrected chi connectivity index (χ4v) is 4.68. The van der Waals surface area contributed by atoms with Crippen molar-refractivity contribution in [3.05, 3.63) is 95.4 Å². The lowest BCUT2D eigenvalue weighted by Crippen LogP contribution is -2.11. The van der Waals surface area contributed by atoms with Crippen LogP contribution in [0.25, 0.3) is 11.3 Å². The van der Waals surface area contributed by atoms with Crippen molar-refractivity contribution >= 4 is 33.9 Å². The Hall–Kier alpha value is -2.89. The Morgan fingerprint density at radius 1 is 0.875 bits per heavy atom. The molecule has 0 unspecified atom stereocenters. The van der Waals surface area contributed by atoms with Gasteiger partial charge in [-0.1, -0.05) is 87.1 Å². The summed E-state index contributed by atoms with van der Waals surface area (Å²) in [6, 6.07) is 27.5. The zero-order valence-electron chi connectivity index (χ0n) is 18.8. The molecule has 0 aliphatic rings. The molecular weight excluding hydrogens is 430 g/mol. The van der Waals surface area contributed by atoms with E-state index >= 15 is 0 Å². The van der Waals surface area contributed by atoms with Gasteiger partial charge < -0.3 is 0 Å². The monoisotopic (exact) mass is 457 g/mol. The molecule has 0 amide bonds. The summed E-state index contributed by atoms with van der Waals surface area (Å²) in [6.45, 7) is 8.68. The average molecular weight is 458 g/mol. The molecule has 3 aromatic carbocycles. The summed E-state index contributed by atoms with van der Waals surface area (Å²) < 4.78 is 0. The van der Waals surface area contributed by atoms with Crippen molar-refractivity contribution in [2.75, 3.05) is 5.43 Å². The second-order valence-electron chi connectivity index (χ2n) is 8.61. The van der Waals surface area contributed by atoms with E-state index in [9.17, 15) is 0 Å². The molecule has 0 bridgehead atoms. The molecule has 4 rings (SSSR count). The number of hydrogen-bond donors (Lipinski definition) is 1. The number of aromatic nitrogens is 1. The number of thiazole rings is 1. The fraction of sp³-hybridized carbons (Fsp3) is 0.185. The van der Waals surface area contributed by atoms with Crippen LogP contribution in [0.5, 0.6) is 0 Å². The predicted octanol–water partition coefficient (Wildman–Crippen LogP) is 8.09. The summed E-state index contributed by atoms with van der Waals surface area (Å²) in [5.74, 6) is 0. The Labute approximate surface area is 198 Å². The lowest BCUT2D eigenvalue weighted by Gasteiger charge is -2.19. The molecule has 162 valence electrons. The first kappa shape index (κ1) is 22.3. The fourth-order valence-electron chi connectivity index (χ4n) is 3.18. The molecule has 1 N–H and O–H groups in total. The average Bonchev–Trinajstić information content (AvgIpc) is 3.27. The first-order valence-corrected chi connectivity index (χ1v) is 12.3. The molecule has 4 aromatic rings. The topological polar surface area (TPSA) is 37.3 Å². The Bertz CT molecular complexity index is 1190. The van der Waals surface area contributed by atoms with Crippen LogP contribution in [0.2, 0.25) is 0 Å². The SMILES string of the molecule is CC(=NNc1nc(-c2ccc(Sc3ccccc3)cc2)cs1)c1ccc(C(C)(C)C)cc1. The third-order valence-corrected chi connectivity index (χ3v) is 6.88. The van der Waals surface area contributed by atoms with Crippen molar-refractivity contribution in [2.24, 2.45) is 5.10 Å². The molecule has 0 saturated heterocycles. The number of nitrogens with zero attached hydrogens (tertiary/aromatic N) is 2. The van der Waals surface area contributed by atoms with Crippen LogP contribution in [-0.2, 0) is 5.41 Å². The molecule has 3 nitrogen and oxygen atoms in total. The van der Waals surface area contributed by atoms with Gasteiger partial charge in [-0.25, -0.2) is 4.98 Å². The van der Waals surface area contributed by atoms with Crippen molar-refractivity contribution in [3.63, 3.8) is 0 Å². The summed E-state index contributed by atoms with van der Waals surface area (Å²) in [5, 5.41) is 7.38. The minimum atomic E-state index is 0.150. The number of benzene rings is 3. The maximum Gasteiger partial charge on any atom is 0.203 e. The van der Waals surface area contributed by atoms with Gasteiger partial charge in [0.1, 0.15) is 0 Å². The number of hydrazone groups is 1. The zero-order chi connectivity index (χ0) is 22.6. The van der Waals surface area contributed by atoms with Crippen LogP contribution in [0.3, 0.4) is 0 Å². The molecular formula is C27H27N3S2. The third-order valence-electron chi connectivity index (χ3n) is 5.12. The molecule has 1 heterocycles. The number of anilines is 1. The number of nitrogens with one attached hydrogen (secondary N) is 1. The van der Waals surface area contributed by atoms with Crippen molar-refractivity contribution in [1.29, 1.82) is 0 Å². The lowest BCUT2D eigenvalue weighted by molar-refractivity contribution is 0.590. The van der Waals surface area contributed by atoms with E-state index in [-0.39, 0.29) is 5.41 Å². The minimum Gasteiger partial charge on any atom is -0.252 e.